The fourth-order valence-corrected chi connectivity index (χ4v) is 3.81. The topological polar surface area (TPSA) is 116 Å². The van der Waals surface area contributed by atoms with Crippen LogP contribution in [0.4, 0.5) is 5.69 Å². The minimum atomic E-state index is -3.78. The van der Waals surface area contributed by atoms with E-state index in [2.05, 4.69) is 5.32 Å². The fraction of sp³-hybridized carbons (Fsp3) is 0.579. The Morgan fingerprint density at radius 1 is 1.19 bits per heavy atom. The van der Waals surface area contributed by atoms with Gasteiger partial charge < -0.3 is 10.1 Å². The van der Waals surface area contributed by atoms with Crippen LogP contribution in [0.1, 0.15) is 58.3 Å². The fourth-order valence-electron chi connectivity index (χ4n) is 3.29. The molecule has 1 aliphatic rings. The lowest BCUT2D eigenvalue weighted by molar-refractivity contribution is -0.153. The molecule has 0 heterocycles. The number of hydrogen-bond donors (Lipinski definition) is 2. The predicted molar refractivity (Wildman–Crippen MR) is 102 cm³/mol. The molecule has 0 bridgehead atoms. The summed E-state index contributed by atoms with van der Waals surface area (Å²) in [6.07, 6.45) is 7.59. The summed E-state index contributed by atoms with van der Waals surface area (Å²) in [5.74, 6) is -0.135. The summed E-state index contributed by atoms with van der Waals surface area (Å²) >= 11 is 0. The van der Waals surface area contributed by atoms with Crippen molar-refractivity contribution in [2.75, 3.05) is 5.32 Å². The van der Waals surface area contributed by atoms with E-state index in [-0.39, 0.29) is 10.9 Å². The number of esters is 1. The number of nitrogens with two attached hydrogens (primary N) is 1. The lowest BCUT2D eigenvalue weighted by Crippen LogP contribution is -2.30. The molecule has 1 unspecified atom stereocenters. The Morgan fingerprint density at radius 2 is 1.81 bits per heavy atom. The van der Waals surface area contributed by atoms with Crippen molar-refractivity contribution in [3.8, 4) is 0 Å². The Labute approximate surface area is 160 Å². The second-order valence-corrected chi connectivity index (χ2v) is 8.65. The zero-order valence-corrected chi connectivity index (χ0v) is 16.5. The Morgan fingerprint density at radius 3 is 2.41 bits per heavy atom. The normalized spacial score (nSPS) is 16.5. The number of primary sulfonamides is 1. The summed E-state index contributed by atoms with van der Waals surface area (Å²) in [5, 5.41) is 7.61. The van der Waals surface area contributed by atoms with Gasteiger partial charge in [-0.2, -0.15) is 0 Å². The largest absolute Gasteiger partial charge is 0.453 e. The number of carbonyl (C=O) groups excluding carboxylic acids is 2. The molecule has 8 heteroatoms. The van der Waals surface area contributed by atoms with Gasteiger partial charge in [-0.1, -0.05) is 32.1 Å². The van der Waals surface area contributed by atoms with Gasteiger partial charge in [0, 0.05) is 12.1 Å². The molecule has 3 N–H and O–H groups in total. The number of ether oxygens (including phenoxy) is 1. The second kappa shape index (κ2) is 9.85. The number of amides is 1. The SMILES string of the molecule is CC(OC(=O)CCCC1CCCCC1)C(=O)Nc1ccc(S(N)(=O)=O)cc1. The van der Waals surface area contributed by atoms with Crippen molar-refractivity contribution in [2.45, 2.75) is 69.3 Å². The molecule has 0 spiro atoms. The number of anilines is 1. The Balaban J connectivity index is 1.73. The van der Waals surface area contributed by atoms with Gasteiger partial charge in [-0.3, -0.25) is 9.59 Å². The van der Waals surface area contributed by atoms with Gasteiger partial charge >= 0.3 is 5.97 Å². The average molecular weight is 397 g/mol. The molecule has 1 aliphatic carbocycles. The third-order valence-corrected chi connectivity index (χ3v) is 5.78. The van der Waals surface area contributed by atoms with Crippen LogP contribution in [0.2, 0.25) is 0 Å². The zero-order chi connectivity index (χ0) is 19.9. The summed E-state index contributed by atoms with van der Waals surface area (Å²) in [4.78, 5) is 24.0. The summed E-state index contributed by atoms with van der Waals surface area (Å²) in [6, 6.07) is 5.45. The van der Waals surface area contributed by atoms with Gasteiger partial charge in [-0.25, -0.2) is 13.6 Å². The van der Waals surface area contributed by atoms with Crippen LogP contribution in [0, 0.1) is 5.92 Å². The van der Waals surface area contributed by atoms with Gasteiger partial charge in [0.1, 0.15) is 0 Å². The van der Waals surface area contributed by atoms with Gasteiger partial charge in [0.2, 0.25) is 10.0 Å². The molecule has 0 radical (unpaired) electrons. The molecule has 0 aromatic heterocycles. The van der Waals surface area contributed by atoms with E-state index in [1.165, 1.54) is 63.3 Å². The zero-order valence-electron chi connectivity index (χ0n) is 15.6. The Hall–Kier alpha value is -1.93. The van der Waals surface area contributed by atoms with Gasteiger partial charge in [0.15, 0.2) is 6.10 Å². The van der Waals surface area contributed by atoms with Crippen LogP contribution < -0.4 is 10.5 Å². The van der Waals surface area contributed by atoms with E-state index < -0.39 is 22.0 Å². The van der Waals surface area contributed by atoms with Crippen LogP contribution in [0.3, 0.4) is 0 Å². The molecule has 1 aromatic carbocycles. The van der Waals surface area contributed by atoms with Crippen LogP contribution in [-0.2, 0) is 24.3 Å². The lowest BCUT2D eigenvalue weighted by Gasteiger charge is -2.21. The minimum Gasteiger partial charge on any atom is -0.453 e. The summed E-state index contributed by atoms with van der Waals surface area (Å²) in [5.41, 5.74) is 0.396. The van der Waals surface area contributed by atoms with E-state index >= 15 is 0 Å². The van der Waals surface area contributed by atoms with Crippen LogP contribution in [0.5, 0.6) is 0 Å². The van der Waals surface area contributed by atoms with Crippen LogP contribution in [0.25, 0.3) is 0 Å². The molecular weight excluding hydrogens is 368 g/mol. The monoisotopic (exact) mass is 396 g/mol. The number of rotatable bonds is 8. The van der Waals surface area contributed by atoms with Crippen molar-refractivity contribution < 1.29 is 22.7 Å². The highest BCUT2D eigenvalue weighted by atomic mass is 32.2. The van der Waals surface area contributed by atoms with Gasteiger partial charge in [-0.15, -0.1) is 0 Å². The smallest absolute Gasteiger partial charge is 0.306 e. The standard InChI is InChI=1S/C19H28N2O5S/c1-14(26-18(22)9-5-8-15-6-3-2-4-7-15)19(23)21-16-10-12-17(13-11-16)27(20,24)25/h10-15H,2-9H2,1H3,(H,21,23)(H2,20,24,25). The lowest BCUT2D eigenvalue weighted by atomic mass is 9.86. The van der Waals surface area contributed by atoms with Crippen LogP contribution >= 0.6 is 0 Å². The molecule has 1 atom stereocenters. The average Bonchev–Trinajstić information content (AvgIpc) is 2.62. The summed E-state index contributed by atoms with van der Waals surface area (Å²) < 4.78 is 27.6. The van der Waals surface area contributed by atoms with Crippen molar-refractivity contribution in [2.24, 2.45) is 11.1 Å². The van der Waals surface area contributed by atoms with Crippen molar-refractivity contribution in [1.29, 1.82) is 0 Å². The highest BCUT2D eigenvalue weighted by Gasteiger charge is 2.19. The van der Waals surface area contributed by atoms with Gasteiger partial charge in [-0.05, 0) is 49.9 Å². The molecule has 2 rings (SSSR count). The first-order chi connectivity index (χ1) is 12.8. The number of nitrogens with one attached hydrogen (secondary N) is 1. The number of carbonyl (C=O) groups is 2. The van der Waals surface area contributed by atoms with E-state index in [1.54, 1.807) is 0 Å². The maximum atomic E-state index is 12.1. The first kappa shape index (κ1) is 21.4. The Bertz CT molecular complexity index is 740. The molecule has 1 fully saturated rings. The molecule has 27 heavy (non-hydrogen) atoms. The third kappa shape index (κ3) is 7.30. The molecule has 1 saturated carbocycles. The van der Waals surface area contributed by atoms with E-state index in [0.29, 0.717) is 18.0 Å². The van der Waals surface area contributed by atoms with Crippen molar-refractivity contribution in [1.82, 2.24) is 0 Å². The number of hydrogen-bond acceptors (Lipinski definition) is 5. The highest BCUT2D eigenvalue weighted by molar-refractivity contribution is 7.89. The summed E-state index contributed by atoms with van der Waals surface area (Å²) in [7, 11) is -3.78. The molecule has 1 amide bonds. The molecule has 1 aromatic rings. The first-order valence-electron chi connectivity index (χ1n) is 9.39. The molecule has 0 aliphatic heterocycles. The molecular formula is C19H28N2O5S. The second-order valence-electron chi connectivity index (χ2n) is 7.09. The van der Waals surface area contributed by atoms with Crippen LogP contribution in [0.15, 0.2) is 29.2 Å². The Kier molecular flexibility index (Phi) is 7.79. The maximum Gasteiger partial charge on any atom is 0.306 e. The van der Waals surface area contributed by atoms with Crippen molar-refractivity contribution in [3.63, 3.8) is 0 Å². The minimum absolute atomic E-state index is 0.0436. The van der Waals surface area contributed by atoms with E-state index in [1.807, 2.05) is 0 Å². The van der Waals surface area contributed by atoms with Gasteiger partial charge in [0.05, 0.1) is 4.90 Å². The molecule has 0 saturated heterocycles. The van der Waals surface area contributed by atoms with Crippen molar-refractivity contribution >= 4 is 27.6 Å². The van der Waals surface area contributed by atoms with Crippen molar-refractivity contribution in [3.05, 3.63) is 24.3 Å². The van der Waals surface area contributed by atoms with Gasteiger partial charge in [0.25, 0.3) is 5.91 Å². The predicted octanol–water partition coefficient (Wildman–Crippen LogP) is 2.95. The van der Waals surface area contributed by atoms with Crippen LogP contribution in [-0.4, -0.2) is 26.4 Å². The van der Waals surface area contributed by atoms with E-state index in [0.717, 1.165) is 12.8 Å². The van der Waals surface area contributed by atoms with E-state index in [9.17, 15) is 18.0 Å². The van der Waals surface area contributed by atoms with E-state index in [4.69, 9.17) is 9.88 Å². The number of sulfonamides is 1. The quantitative estimate of drug-likeness (QED) is 0.656. The summed E-state index contributed by atoms with van der Waals surface area (Å²) in [6.45, 7) is 1.51. The maximum absolute atomic E-state index is 12.1. The molecule has 7 nitrogen and oxygen atoms in total. The number of benzene rings is 1. The molecule has 150 valence electrons. The highest BCUT2D eigenvalue weighted by Crippen LogP contribution is 2.27. The third-order valence-electron chi connectivity index (χ3n) is 4.85. The first-order valence-corrected chi connectivity index (χ1v) is 10.9.